The zero-order valence-corrected chi connectivity index (χ0v) is 27.1. The molecule has 0 bridgehead atoms. The fraction of sp³-hybridized carbons (Fsp3) is 0. The minimum atomic E-state index is 1.12. The second kappa shape index (κ2) is 12.0. The summed E-state index contributed by atoms with van der Waals surface area (Å²) >= 11 is 1.86. The first kappa shape index (κ1) is 28.3. The van der Waals surface area contributed by atoms with Gasteiger partial charge in [-0.05, 0) is 93.2 Å². The monoisotopic (exact) mass is 629 g/mol. The first-order chi connectivity index (χ1) is 23.8. The molecule has 0 aliphatic rings. The Labute approximate surface area is 284 Å². The van der Waals surface area contributed by atoms with Crippen LogP contribution in [0, 0.1) is 0 Å². The minimum absolute atomic E-state index is 1.12. The third-order valence-electron chi connectivity index (χ3n) is 9.27. The number of hydrogen-bond acceptors (Lipinski definition) is 2. The van der Waals surface area contributed by atoms with Gasteiger partial charge in [-0.1, -0.05) is 133 Å². The highest BCUT2D eigenvalue weighted by Crippen LogP contribution is 2.43. The molecule has 2 heteroatoms. The van der Waals surface area contributed by atoms with E-state index in [-0.39, 0.29) is 0 Å². The standard InChI is InChI=1S/C46H31NS/c1-2-12-39(13-3-1)47(44-16-8-6-14-41(44)38-26-29-46-43(31-38)42-15-7-9-17-45(42)48-46)40-27-24-34(25-28-40)33-18-20-35(21-19-33)37-23-22-32-10-4-5-11-36(32)30-37/h1-31H. The molecule has 9 aromatic rings. The third-order valence-corrected chi connectivity index (χ3v) is 10.4. The van der Waals surface area contributed by atoms with Crippen LogP contribution >= 0.6 is 11.3 Å². The summed E-state index contributed by atoms with van der Waals surface area (Å²) in [7, 11) is 0. The first-order valence-electron chi connectivity index (χ1n) is 16.3. The number of thiophene rings is 1. The quantitative estimate of drug-likeness (QED) is 0.177. The van der Waals surface area contributed by atoms with Gasteiger partial charge in [0.05, 0.1) is 5.69 Å². The van der Waals surface area contributed by atoms with E-state index in [0.717, 1.165) is 17.1 Å². The molecule has 0 N–H and O–H groups in total. The molecular weight excluding hydrogens is 599 g/mol. The highest BCUT2D eigenvalue weighted by atomic mass is 32.1. The molecule has 0 fully saturated rings. The summed E-state index contributed by atoms with van der Waals surface area (Å²) in [5.74, 6) is 0. The Kier molecular flexibility index (Phi) is 7.07. The van der Waals surface area contributed by atoms with E-state index in [4.69, 9.17) is 0 Å². The highest BCUT2D eigenvalue weighted by molar-refractivity contribution is 7.25. The van der Waals surface area contributed by atoms with Crippen molar-refractivity contribution in [3.8, 4) is 33.4 Å². The Bertz CT molecular complexity index is 2540. The van der Waals surface area contributed by atoms with Crippen molar-refractivity contribution in [1.29, 1.82) is 0 Å². The molecule has 1 aromatic heterocycles. The Morgan fingerprint density at radius 2 is 0.896 bits per heavy atom. The molecule has 0 saturated carbocycles. The molecule has 1 nitrogen and oxygen atoms in total. The zero-order valence-electron chi connectivity index (χ0n) is 26.3. The summed E-state index contributed by atoms with van der Waals surface area (Å²) in [5.41, 5.74) is 10.7. The number of fused-ring (bicyclic) bond motifs is 4. The second-order valence-electron chi connectivity index (χ2n) is 12.2. The third kappa shape index (κ3) is 5.13. The minimum Gasteiger partial charge on any atom is -0.310 e. The number of benzene rings is 8. The number of hydrogen-bond donors (Lipinski definition) is 0. The van der Waals surface area contributed by atoms with Crippen molar-refractivity contribution < 1.29 is 0 Å². The number of nitrogens with zero attached hydrogens (tertiary/aromatic N) is 1. The van der Waals surface area contributed by atoms with Crippen molar-refractivity contribution in [3.05, 3.63) is 188 Å². The zero-order chi connectivity index (χ0) is 31.9. The van der Waals surface area contributed by atoms with Crippen molar-refractivity contribution >= 4 is 59.3 Å². The predicted molar refractivity (Wildman–Crippen MR) is 208 cm³/mol. The molecule has 0 aliphatic heterocycles. The molecule has 8 aromatic carbocycles. The summed E-state index contributed by atoms with van der Waals surface area (Å²) in [6, 6.07) is 68.1. The number of rotatable bonds is 6. The average Bonchev–Trinajstić information content (AvgIpc) is 3.54. The summed E-state index contributed by atoms with van der Waals surface area (Å²) in [6.07, 6.45) is 0. The number of para-hydroxylation sites is 2. The van der Waals surface area contributed by atoms with Gasteiger partial charge in [0.15, 0.2) is 0 Å². The largest absolute Gasteiger partial charge is 0.310 e. The van der Waals surface area contributed by atoms with Gasteiger partial charge < -0.3 is 4.90 Å². The Morgan fingerprint density at radius 3 is 1.71 bits per heavy atom. The molecule has 1 heterocycles. The molecule has 226 valence electrons. The van der Waals surface area contributed by atoms with Gasteiger partial charge in [0, 0.05) is 37.1 Å². The van der Waals surface area contributed by atoms with Gasteiger partial charge in [-0.2, -0.15) is 0 Å². The van der Waals surface area contributed by atoms with Crippen LogP contribution in [-0.2, 0) is 0 Å². The lowest BCUT2D eigenvalue weighted by molar-refractivity contribution is 1.28. The predicted octanol–water partition coefficient (Wildman–Crippen LogP) is 13.7. The summed E-state index contributed by atoms with van der Waals surface area (Å²) in [6.45, 7) is 0. The van der Waals surface area contributed by atoms with Crippen LogP contribution in [0.3, 0.4) is 0 Å². The second-order valence-corrected chi connectivity index (χ2v) is 13.3. The van der Waals surface area contributed by atoms with Crippen LogP contribution in [0.4, 0.5) is 17.1 Å². The van der Waals surface area contributed by atoms with Crippen LogP contribution in [0.15, 0.2) is 188 Å². The van der Waals surface area contributed by atoms with Crippen molar-refractivity contribution in [2.24, 2.45) is 0 Å². The van der Waals surface area contributed by atoms with Crippen molar-refractivity contribution in [3.63, 3.8) is 0 Å². The maximum atomic E-state index is 2.37. The molecule has 0 unspecified atom stereocenters. The van der Waals surface area contributed by atoms with Crippen LogP contribution in [0.5, 0.6) is 0 Å². The highest BCUT2D eigenvalue weighted by Gasteiger charge is 2.18. The van der Waals surface area contributed by atoms with Gasteiger partial charge in [0.2, 0.25) is 0 Å². The van der Waals surface area contributed by atoms with Crippen LogP contribution < -0.4 is 4.90 Å². The molecule has 0 atom stereocenters. The first-order valence-corrected chi connectivity index (χ1v) is 17.2. The normalized spacial score (nSPS) is 11.3. The smallest absolute Gasteiger partial charge is 0.0540 e. The molecule has 0 radical (unpaired) electrons. The van der Waals surface area contributed by atoms with E-state index in [2.05, 4.69) is 193 Å². The van der Waals surface area contributed by atoms with Gasteiger partial charge in [-0.3, -0.25) is 0 Å². The van der Waals surface area contributed by atoms with Gasteiger partial charge >= 0.3 is 0 Å². The van der Waals surface area contributed by atoms with E-state index in [1.807, 2.05) is 11.3 Å². The van der Waals surface area contributed by atoms with E-state index in [1.54, 1.807) is 0 Å². The Balaban J connectivity index is 1.08. The van der Waals surface area contributed by atoms with Crippen LogP contribution in [0.1, 0.15) is 0 Å². The molecule has 0 amide bonds. The molecule has 0 spiro atoms. The molecule has 0 aliphatic carbocycles. The molecule has 0 saturated heterocycles. The summed E-state index contributed by atoms with van der Waals surface area (Å²) < 4.78 is 2.64. The summed E-state index contributed by atoms with van der Waals surface area (Å²) in [4.78, 5) is 2.37. The molecular formula is C46H31NS. The average molecular weight is 630 g/mol. The van der Waals surface area contributed by atoms with Crippen LogP contribution in [-0.4, -0.2) is 0 Å². The van der Waals surface area contributed by atoms with E-state index >= 15 is 0 Å². The lowest BCUT2D eigenvalue weighted by Crippen LogP contribution is -2.11. The maximum absolute atomic E-state index is 2.37. The Hall–Kier alpha value is -5.96. The van der Waals surface area contributed by atoms with Gasteiger partial charge in [-0.25, -0.2) is 0 Å². The molecule has 48 heavy (non-hydrogen) atoms. The van der Waals surface area contributed by atoms with Gasteiger partial charge in [-0.15, -0.1) is 11.3 Å². The van der Waals surface area contributed by atoms with Crippen molar-refractivity contribution in [1.82, 2.24) is 0 Å². The number of anilines is 3. The van der Waals surface area contributed by atoms with E-state index < -0.39 is 0 Å². The maximum Gasteiger partial charge on any atom is 0.0540 e. The van der Waals surface area contributed by atoms with Crippen LogP contribution in [0.2, 0.25) is 0 Å². The topological polar surface area (TPSA) is 3.24 Å². The lowest BCUT2D eigenvalue weighted by atomic mass is 9.98. The van der Waals surface area contributed by atoms with E-state index in [0.29, 0.717) is 0 Å². The van der Waals surface area contributed by atoms with E-state index in [9.17, 15) is 0 Å². The van der Waals surface area contributed by atoms with Crippen molar-refractivity contribution in [2.75, 3.05) is 4.90 Å². The lowest BCUT2D eigenvalue weighted by Gasteiger charge is -2.28. The fourth-order valence-electron chi connectivity index (χ4n) is 6.84. The fourth-order valence-corrected chi connectivity index (χ4v) is 7.92. The van der Waals surface area contributed by atoms with E-state index in [1.165, 1.54) is 64.3 Å². The van der Waals surface area contributed by atoms with Crippen LogP contribution in [0.25, 0.3) is 64.3 Å². The van der Waals surface area contributed by atoms with Crippen molar-refractivity contribution in [2.45, 2.75) is 0 Å². The summed E-state index contributed by atoms with van der Waals surface area (Å²) in [5, 5.41) is 5.16. The SMILES string of the molecule is c1ccc(N(c2ccc(-c3ccc(-c4ccc5ccccc5c4)cc3)cc2)c2ccccc2-c2ccc3sc4ccccc4c3c2)cc1. The van der Waals surface area contributed by atoms with Gasteiger partial charge in [0.1, 0.15) is 0 Å². The van der Waals surface area contributed by atoms with Gasteiger partial charge in [0.25, 0.3) is 0 Å². The Morgan fingerprint density at radius 1 is 0.333 bits per heavy atom. The molecule has 9 rings (SSSR count).